The quantitative estimate of drug-likeness (QED) is 0.282. The fourth-order valence-electron chi connectivity index (χ4n) is 5.15. The maximum absolute atomic E-state index is 10.8. The van der Waals surface area contributed by atoms with Gasteiger partial charge in [-0.05, 0) is 70.3 Å². The summed E-state index contributed by atoms with van der Waals surface area (Å²) in [6, 6.07) is 0.945. The second-order valence-corrected chi connectivity index (χ2v) is 11.2. The number of aryl methyl sites for hydroxylation is 1. The van der Waals surface area contributed by atoms with Crippen LogP contribution in [0.2, 0.25) is 5.02 Å². The van der Waals surface area contributed by atoms with Gasteiger partial charge in [0.05, 0.1) is 23.1 Å². The van der Waals surface area contributed by atoms with Gasteiger partial charge in [0.1, 0.15) is 0 Å². The molecule has 2 aromatic heterocycles. The minimum atomic E-state index is -0.845. The van der Waals surface area contributed by atoms with Crippen molar-refractivity contribution < 1.29 is 9.90 Å². The third-order valence-electron chi connectivity index (χ3n) is 7.73. The molecule has 2 heterocycles. The molecule has 0 unspecified atom stereocenters. The van der Waals surface area contributed by atoms with Crippen molar-refractivity contribution in [3.8, 4) is 11.3 Å². The summed E-state index contributed by atoms with van der Waals surface area (Å²) in [5, 5.41) is 21.2. The molecule has 0 saturated heterocycles. The van der Waals surface area contributed by atoms with Crippen LogP contribution in [0.5, 0.6) is 0 Å². The molecular weight excluding hydrogens is 490 g/mol. The summed E-state index contributed by atoms with van der Waals surface area (Å²) in [5.41, 5.74) is 2.99. The van der Waals surface area contributed by atoms with Gasteiger partial charge in [0.2, 0.25) is 5.95 Å². The van der Waals surface area contributed by atoms with Crippen molar-refractivity contribution >= 4 is 23.6 Å². The molecule has 204 valence electrons. The van der Waals surface area contributed by atoms with E-state index < -0.39 is 6.09 Å². The highest BCUT2D eigenvalue weighted by Crippen LogP contribution is 2.37. The van der Waals surface area contributed by atoms with Gasteiger partial charge in [-0.25, -0.2) is 14.8 Å². The number of hydrogen-bond acceptors (Lipinski definition) is 6. The van der Waals surface area contributed by atoms with Gasteiger partial charge in [-0.15, -0.1) is 0 Å². The van der Waals surface area contributed by atoms with Crippen molar-refractivity contribution in [2.24, 2.45) is 13.0 Å². The molecule has 2 saturated carbocycles. The minimum Gasteiger partial charge on any atom is -0.465 e. The predicted octanol–water partition coefficient (Wildman–Crippen LogP) is 5.36. The molecule has 0 bridgehead atoms. The van der Waals surface area contributed by atoms with Crippen LogP contribution in [0.25, 0.3) is 11.3 Å². The van der Waals surface area contributed by atoms with Gasteiger partial charge in [-0.3, -0.25) is 4.68 Å². The van der Waals surface area contributed by atoms with Crippen LogP contribution in [0.1, 0.15) is 76.3 Å². The summed E-state index contributed by atoms with van der Waals surface area (Å²) < 4.78 is 1.95. The molecule has 9 nitrogen and oxygen atoms in total. The van der Waals surface area contributed by atoms with Crippen LogP contribution in [-0.4, -0.2) is 68.1 Å². The Morgan fingerprint density at radius 1 is 1.08 bits per heavy atom. The maximum Gasteiger partial charge on any atom is 0.407 e. The lowest BCUT2D eigenvalue weighted by atomic mass is 9.91. The molecule has 0 aliphatic heterocycles. The van der Waals surface area contributed by atoms with Crippen LogP contribution in [-0.2, 0) is 13.5 Å². The Hall–Kier alpha value is -2.39. The number of anilines is 1. The number of amides is 1. The lowest BCUT2D eigenvalue weighted by Gasteiger charge is -2.30. The van der Waals surface area contributed by atoms with Crippen LogP contribution in [0.3, 0.4) is 0 Å². The first-order valence-corrected chi connectivity index (χ1v) is 14.3. The second-order valence-electron chi connectivity index (χ2n) is 10.8. The molecule has 0 radical (unpaired) electrons. The van der Waals surface area contributed by atoms with Gasteiger partial charge in [-0.2, -0.15) is 5.10 Å². The second kappa shape index (κ2) is 13.4. The van der Waals surface area contributed by atoms with E-state index in [2.05, 4.69) is 20.7 Å². The summed E-state index contributed by atoms with van der Waals surface area (Å²) >= 11 is 6.52. The molecule has 0 aromatic carbocycles. The topological polar surface area (TPSA) is 108 Å². The van der Waals surface area contributed by atoms with Crippen molar-refractivity contribution in [3.05, 3.63) is 23.1 Å². The number of hydrogen-bond donors (Lipinski definition) is 3. The molecule has 0 spiro atoms. The number of aromatic nitrogens is 4. The van der Waals surface area contributed by atoms with Crippen molar-refractivity contribution in [2.75, 3.05) is 25.5 Å². The number of nitrogens with zero attached hydrogens (tertiary/aromatic N) is 5. The number of carbonyl (C=O) groups is 1. The van der Waals surface area contributed by atoms with Crippen LogP contribution in [0, 0.1) is 5.92 Å². The van der Waals surface area contributed by atoms with E-state index in [4.69, 9.17) is 21.7 Å². The Balaban J connectivity index is 1.16. The zero-order chi connectivity index (χ0) is 26.2. The van der Waals surface area contributed by atoms with Crippen LogP contribution < -0.4 is 10.6 Å². The average molecular weight is 532 g/mol. The van der Waals surface area contributed by atoms with Crippen LogP contribution in [0.4, 0.5) is 10.7 Å². The summed E-state index contributed by atoms with van der Waals surface area (Å²) in [6.07, 6.45) is 16.4. The highest BCUT2D eigenvalue weighted by Gasteiger charge is 2.26. The minimum absolute atomic E-state index is 0.371. The predicted molar refractivity (Wildman–Crippen MR) is 147 cm³/mol. The lowest BCUT2D eigenvalue weighted by molar-refractivity contribution is 0.155. The van der Waals surface area contributed by atoms with E-state index in [0.717, 1.165) is 75.1 Å². The van der Waals surface area contributed by atoms with E-state index in [0.29, 0.717) is 29.6 Å². The van der Waals surface area contributed by atoms with Crippen LogP contribution in [0.15, 0.2) is 12.4 Å². The molecule has 3 N–H and O–H groups in total. The summed E-state index contributed by atoms with van der Waals surface area (Å²) in [4.78, 5) is 21.4. The zero-order valence-corrected chi connectivity index (χ0v) is 23.0. The van der Waals surface area contributed by atoms with Gasteiger partial charge < -0.3 is 20.6 Å². The standard InChI is InChI=1S/C27H42ClN7O2/c1-34(27(36)37)15-7-5-3-4-6-14-29-20-10-12-21(13-11-20)32-26-30-18-23(28)25(33-26)22-17-31-35(2)24(22)16-19-8-9-19/h17-21,29H,3-16H2,1-2H3,(H,36,37)(H,30,32,33). The molecule has 2 aliphatic carbocycles. The van der Waals surface area contributed by atoms with Gasteiger partial charge >= 0.3 is 6.09 Å². The molecule has 2 aliphatic rings. The van der Waals surface area contributed by atoms with E-state index in [1.165, 1.54) is 36.3 Å². The lowest BCUT2D eigenvalue weighted by Crippen LogP contribution is -2.37. The first-order chi connectivity index (χ1) is 17.9. The van der Waals surface area contributed by atoms with E-state index >= 15 is 0 Å². The Kier molecular flexibility index (Phi) is 10.0. The third-order valence-corrected chi connectivity index (χ3v) is 8.01. The first-order valence-electron chi connectivity index (χ1n) is 13.9. The fraction of sp³-hybridized carbons (Fsp3) is 0.704. The molecule has 37 heavy (non-hydrogen) atoms. The number of nitrogens with one attached hydrogen (secondary N) is 2. The maximum atomic E-state index is 10.8. The highest BCUT2D eigenvalue weighted by atomic mass is 35.5. The van der Waals surface area contributed by atoms with E-state index in [9.17, 15) is 4.79 Å². The normalized spacial score (nSPS) is 19.6. The molecule has 1 amide bonds. The molecule has 4 rings (SSSR count). The van der Waals surface area contributed by atoms with Gasteiger partial charge in [-0.1, -0.05) is 30.9 Å². The van der Waals surface area contributed by atoms with E-state index in [1.807, 2.05) is 17.9 Å². The largest absolute Gasteiger partial charge is 0.465 e. The molecular formula is C27H42ClN7O2. The molecule has 2 fully saturated rings. The Labute approximate surface area is 225 Å². The van der Waals surface area contributed by atoms with Crippen molar-refractivity contribution in [1.29, 1.82) is 0 Å². The number of carboxylic acid groups (broad SMARTS) is 1. The first kappa shape index (κ1) is 27.6. The fourth-order valence-corrected chi connectivity index (χ4v) is 5.35. The van der Waals surface area contributed by atoms with Crippen LogP contribution >= 0.6 is 11.6 Å². The third kappa shape index (κ3) is 8.30. The Bertz CT molecular complexity index is 1020. The van der Waals surface area contributed by atoms with Crippen molar-refractivity contribution in [1.82, 2.24) is 30.0 Å². The SMILES string of the molecule is CN(CCCCCCCNC1CCC(Nc2ncc(Cl)c(-c3cnn(C)c3CC3CC3)n2)CC1)C(=O)O. The molecule has 10 heteroatoms. The Morgan fingerprint density at radius 3 is 2.51 bits per heavy atom. The number of unbranched alkanes of at least 4 members (excludes halogenated alkanes) is 4. The van der Waals surface area contributed by atoms with Crippen molar-refractivity contribution in [3.63, 3.8) is 0 Å². The smallest absolute Gasteiger partial charge is 0.407 e. The average Bonchev–Trinajstić information content (AvgIpc) is 3.64. The summed E-state index contributed by atoms with van der Waals surface area (Å²) in [6.45, 7) is 1.67. The van der Waals surface area contributed by atoms with E-state index in [-0.39, 0.29) is 0 Å². The Morgan fingerprint density at radius 2 is 1.78 bits per heavy atom. The van der Waals surface area contributed by atoms with Crippen molar-refractivity contribution in [2.45, 2.75) is 89.1 Å². The summed E-state index contributed by atoms with van der Waals surface area (Å²) in [5.74, 6) is 1.40. The monoisotopic (exact) mass is 531 g/mol. The highest BCUT2D eigenvalue weighted by molar-refractivity contribution is 6.32. The van der Waals surface area contributed by atoms with Gasteiger partial charge in [0.25, 0.3) is 0 Å². The zero-order valence-electron chi connectivity index (χ0n) is 22.3. The number of halogens is 1. The van der Waals surface area contributed by atoms with Gasteiger partial charge in [0.15, 0.2) is 0 Å². The molecule has 2 aromatic rings. The number of rotatable bonds is 14. The van der Waals surface area contributed by atoms with Gasteiger partial charge in [0, 0.05) is 44.0 Å². The summed E-state index contributed by atoms with van der Waals surface area (Å²) in [7, 11) is 3.62. The van der Waals surface area contributed by atoms with E-state index in [1.54, 1.807) is 13.2 Å². The molecule has 0 atom stereocenters.